The first-order valence-electron chi connectivity index (χ1n) is 5.32. The molecule has 0 saturated heterocycles. The smallest absolute Gasteiger partial charge is 0.321 e. The second-order valence-electron chi connectivity index (χ2n) is 3.35. The Hall–Kier alpha value is -1.96. The van der Waals surface area contributed by atoms with Gasteiger partial charge in [-0.05, 0) is 13.5 Å². The predicted octanol–water partition coefficient (Wildman–Crippen LogP) is -1.37. The third kappa shape index (κ3) is 4.60. The molecule has 8 nitrogen and oxygen atoms in total. The summed E-state index contributed by atoms with van der Waals surface area (Å²) in [5, 5.41) is 12.2. The van der Waals surface area contributed by atoms with Crippen molar-refractivity contribution in [3.8, 4) is 0 Å². The number of carbonyl (C=O) groups is 2. The first kappa shape index (κ1) is 13.1. The lowest BCUT2D eigenvalue weighted by Crippen LogP contribution is -2.40. The molecule has 1 heterocycles. The Labute approximate surface area is 98.5 Å². The molecule has 0 saturated carbocycles. The number of imide groups is 1. The largest absolute Gasteiger partial charge is 0.338 e. The number of carbonyl (C=O) groups excluding carboxylic acids is 2. The second kappa shape index (κ2) is 6.59. The van der Waals surface area contributed by atoms with Crippen molar-refractivity contribution in [2.24, 2.45) is 5.73 Å². The molecule has 0 aliphatic carbocycles. The number of nitrogens with one attached hydrogen (secondary N) is 2. The number of hydrogen-bond acceptors (Lipinski definition) is 5. The van der Waals surface area contributed by atoms with Gasteiger partial charge in [0.1, 0.15) is 6.54 Å². The highest BCUT2D eigenvalue weighted by atomic mass is 16.2. The number of nitrogens with zero attached hydrogens (tertiary/aromatic N) is 3. The molecule has 0 unspecified atom stereocenters. The van der Waals surface area contributed by atoms with E-state index in [1.165, 1.54) is 4.68 Å². The highest BCUT2D eigenvalue weighted by Crippen LogP contribution is 1.92. The molecule has 0 aliphatic rings. The van der Waals surface area contributed by atoms with Gasteiger partial charge < -0.3 is 11.1 Å². The van der Waals surface area contributed by atoms with Gasteiger partial charge in [-0.15, -0.1) is 5.10 Å². The maximum Gasteiger partial charge on any atom is 0.321 e. The fourth-order valence-electron chi connectivity index (χ4n) is 1.20. The minimum atomic E-state index is -0.514. The van der Waals surface area contributed by atoms with E-state index in [1.807, 2.05) is 0 Å². The lowest BCUT2D eigenvalue weighted by molar-refractivity contribution is -0.120. The van der Waals surface area contributed by atoms with Crippen LogP contribution in [0.25, 0.3) is 0 Å². The van der Waals surface area contributed by atoms with Crippen LogP contribution in [-0.2, 0) is 17.8 Å². The summed E-state index contributed by atoms with van der Waals surface area (Å²) >= 11 is 0. The molecule has 1 aromatic heterocycles. The fraction of sp³-hybridized carbons (Fsp3) is 0.556. The topological polar surface area (TPSA) is 115 Å². The Morgan fingerprint density at radius 1 is 1.53 bits per heavy atom. The molecule has 0 spiro atoms. The van der Waals surface area contributed by atoms with Crippen LogP contribution in [0.5, 0.6) is 0 Å². The lowest BCUT2D eigenvalue weighted by atomic mass is 10.3. The van der Waals surface area contributed by atoms with E-state index in [0.29, 0.717) is 19.5 Å². The SMILES string of the molecule is CCNC(=O)NC(=O)Cn1cc(CCN)nn1. The van der Waals surface area contributed by atoms with Crippen molar-refractivity contribution >= 4 is 11.9 Å². The number of urea groups is 1. The van der Waals surface area contributed by atoms with E-state index in [9.17, 15) is 9.59 Å². The molecule has 0 bridgehead atoms. The second-order valence-corrected chi connectivity index (χ2v) is 3.35. The molecule has 1 aromatic rings. The van der Waals surface area contributed by atoms with Crippen molar-refractivity contribution in [3.05, 3.63) is 11.9 Å². The van der Waals surface area contributed by atoms with Gasteiger partial charge in [0.15, 0.2) is 0 Å². The molecule has 3 amide bonds. The van der Waals surface area contributed by atoms with Crippen molar-refractivity contribution in [1.82, 2.24) is 25.6 Å². The number of amides is 3. The number of hydrogen-bond donors (Lipinski definition) is 3. The first-order valence-corrected chi connectivity index (χ1v) is 5.32. The predicted molar refractivity (Wildman–Crippen MR) is 60.0 cm³/mol. The van der Waals surface area contributed by atoms with E-state index in [2.05, 4.69) is 20.9 Å². The summed E-state index contributed by atoms with van der Waals surface area (Å²) < 4.78 is 1.36. The van der Waals surface area contributed by atoms with Gasteiger partial charge in [0.2, 0.25) is 5.91 Å². The van der Waals surface area contributed by atoms with Crippen LogP contribution in [0, 0.1) is 0 Å². The summed E-state index contributed by atoms with van der Waals surface area (Å²) in [5.41, 5.74) is 6.08. The van der Waals surface area contributed by atoms with Crippen LogP contribution < -0.4 is 16.4 Å². The molecule has 0 aliphatic heterocycles. The molecular weight excluding hydrogens is 224 g/mol. The van der Waals surface area contributed by atoms with Crippen LogP contribution in [0.3, 0.4) is 0 Å². The summed E-state index contributed by atoms with van der Waals surface area (Å²) in [6, 6.07) is -0.514. The van der Waals surface area contributed by atoms with Gasteiger partial charge in [-0.3, -0.25) is 10.1 Å². The number of nitrogens with two attached hydrogens (primary N) is 1. The lowest BCUT2D eigenvalue weighted by Gasteiger charge is -2.03. The van der Waals surface area contributed by atoms with Crippen molar-refractivity contribution in [1.29, 1.82) is 0 Å². The maximum atomic E-state index is 11.4. The van der Waals surface area contributed by atoms with Crippen LogP contribution in [0.1, 0.15) is 12.6 Å². The molecule has 1 rings (SSSR count). The normalized spacial score (nSPS) is 10.0. The van der Waals surface area contributed by atoms with Crippen LogP contribution in [0.2, 0.25) is 0 Å². The highest BCUT2D eigenvalue weighted by Gasteiger charge is 2.08. The zero-order valence-corrected chi connectivity index (χ0v) is 9.64. The van der Waals surface area contributed by atoms with E-state index in [1.54, 1.807) is 13.1 Å². The summed E-state index contributed by atoms with van der Waals surface area (Å²) in [4.78, 5) is 22.4. The molecule has 8 heteroatoms. The average molecular weight is 240 g/mol. The van der Waals surface area contributed by atoms with Crippen LogP contribution in [0.15, 0.2) is 6.20 Å². The van der Waals surface area contributed by atoms with E-state index in [-0.39, 0.29) is 6.54 Å². The number of rotatable bonds is 5. The Morgan fingerprint density at radius 2 is 2.29 bits per heavy atom. The molecule has 0 fully saturated rings. The molecular formula is C9H16N6O2. The minimum absolute atomic E-state index is 0.0469. The van der Waals surface area contributed by atoms with Crippen molar-refractivity contribution in [2.45, 2.75) is 19.9 Å². The zero-order valence-electron chi connectivity index (χ0n) is 9.64. The highest BCUT2D eigenvalue weighted by molar-refractivity contribution is 5.94. The van der Waals surface area contributed by atoms with E-state index < -0.39 is 11.9 Å². The first-order chi connectivity index (χ1) is 8.15. The Balaban J connectivity index is 2.41. The molecule has 0 radical (unpaired) electrons. The number of aromatic nitrogens is 3. The average Bonchev–Trinajstić information content (AvgIpc) is 2.66. The van der Waals surface area contributed by atoms with Gasteiger partial charge >= 0.3 is 6.03 Å². The molecule has 4 N–H and O–H groups in total. The summed E-state index contributed by atoms with van der Waals surface area (Å²) in [5.74, 6) is -0.444. The van der Waals surface area contributed by atoms with Gasteiger partial charge in [0, 0.05) is 19.2 Å². The summed E-state index contributed by atoms with van der Waals surface area (Å²) in [7, 11) is 0. The standard InChI is InChI=1S/C9H16N6O2/c1-2-11-9(17)12-8(16)6-15-5-7(3-4-10)13-14-15/h5H,2-4,6,10H2,1H3,(H2,11,12,16,17). The quantitative estimate of drug-likeness (QED) is 0.587. The Bertz CT molecular complexity index is 389. The fourth-order valence-corrected chi connectivity index (χ4v) is 1.20. The van der Waals surface area contributed by atoms with Gasteiger partial charge in [0.25, 0.3) is 0 Å². The van der Waals surface area contributed by atoms with Crippen molar-refractivity contribution in [2.75, 3.05) is 13.1 Å². The molecule has 0 atom stereocenters. The molecule has 17 heavy (non-hydrogen) atoms. The zero-order chi connectivity index (χ0) is 12.7. The van der Waals surface area contributed by atoms with Crippen LogP contribution >= 0.6 is 0 Å². The third-order valence-corrected chi connectivity index (χ3v) is 1.88. The van der Waals surface area contributed by atoms with Crippen LogP contribution in [0.4, 0.5) is 4.79 Å². The monoisotopic (exact) mass is 240 g/mol. The van der Waals surface area contributed by atoms with E-state index >= 15 is 0 Å². The van der Waals surface area contributed by atoms with E-state index in [4.69, 9.17) is 5.73 Å². The summed E-state index contributed by atoms with van der Waals surface area (Å²) in [6.45, 7) is 2.65. The third-order valence-electron chi connectivity index (χ3n) is 1.88. The van der Waals surface area contributed by atoms with Crippen molar-refractivity contribution < 1.29 is 9.59 Å². The van der Waals surface area contributed by atoms with Crippen molar-refractivity contribution in [3.63, 3.8) is 0 Å². The minimum Gasteiger partial charge on any atom is -0.338 e. The Morgan fingerprint density at radius 3 is 2.94 bits per heavy atom. The Kier molecular flexibility index (Phi) is 5.08. The van der Waals surface area contributed by atoms with Gasteiger partial charge in [-0.25, -0.2) is 9.48 Å². The maximum absolute atomic E-state index is 11.4. The van der Waals surface area contributed by atoms with Gasteiger partial charge in [-0.2, -0.15) is 0 Å². The molecule has 0 aromatic carbocycles. The van der Waals surface area contributed by atoms with Crippen LogP contribution in [-0.4, -0.2) is 40.0 Å². The van der Waals surface area contributed by atoms with Gasteiger partial charge in [0.05, 0.1) is 5.69 Å². The molecule has 94 valence electrons. The summed E-state index contributed by atoms with van der Waals surface area (Å²) in [6.07, 6.45) is 2.24. The van der Waals surface area contributed by atoms with E-state index in [0.717, 1.165) is 5.69 Å². The van der Waals surface area contributed by atoms with Gasteiger partial charge in [-0.1, -0.05) is 5.21 Å².